The Labute approximate surface area is 128 Å². The Morgan fingerprint density at radius 3 is 2.56 bits per heavy atom. The SMILES string of the molecule is Cc1cc(Br)c(NC(=S)NNCCC#N)c(Br)c1. The molecule has 0 atom stereocenters. The van der Waals surface area contributed by atoms with Gasteiger partial charge >= 0.3 is 0 Å². The Morgan fingerprint density at radius 1 is 1.39 bits per heavy atom. The minimum absolute atomic E-state index is 0.424. The first-order valence-corrected chi connectivity index (χ1v) is 7.16. The van der Waals surface area contributed by atoms with E-state index in [1.165, 1.54) is 0 Å². The second-order valence-electron chi connectivity index (χ2n) is 3.52. The molecule has 0 bridgehead atoms. The summed E-state index contributed by atoms with van der Waals surface area (Å²) >= 11 is 12.1. The highest BCUT2D eigenvalue weighted by molar-refractivity contribution is 9.11. The normalized spacial score (nSPS) is 9.67. The molecular weight excluding hydrogens is 380 g/mol. The van der Waals surface area contributed by atoms with Crippen molar-refractivity contribution in [1.29, 1.82) is 5.26 Å². The average molecular weight is 392 g/mol. The van der Waals surface area contributed by atoms with Crippen molar-refractivity contribution < 1.29 is 0 Å². The average Bonchev–Trinajstić information content (AvgIpc) is 2.29. The van der Waals surface area contributed by atoms with Gasteiger partial charge in [0.25, 0.3) is 0 Å². The first-order valence-electron chi connectivity index (χ1n) is 5.17. The zero-order valence-electron chi connectivity index (χ0n) is 9.68. The third-order valence-electron chi connectivity index (χ3n) is 1.99. The molecule has 1 aromatic carbocycles. The van der Waals surface area contributed by atoms with E-state index >= 15 is 0 Å². The highest BCUT2D eigenvalue weighted by atomic mass is 79.9. The molecule has 3 N–H and O–H groups in total. The van der Waals surface area contributed by atoms with E-state index in [9.17, 15) is 0 Å². The van der Waals surface area contributed by atoms with Gasteiger partial charge in [-0.3, -0.25) is 5.43 Å². The minimum Gasteiger partial charge on any atom is -0.330 e. The highest BCUT2D eigenvalue weighted by Crippen LogP contribution is 2.32. The third-order valence-corrected chi connectivity index (χ3v) is 3.44. The second kappa shape index (κ2) is 7.69. The van der Waals surface area contributed by atoms with E-state index < -0.39 is 0 Å². The van der Waals surface area contributed by atoms with Crippen LogP contribution in [0.1, 0.15) is 12.0 Å². The number of rotatable bonds is 4. The Morgan fingerprint density at radius 2 is 2.00 bits per heavy atom. The van der Waals surface area contributed by atoms with E-state index in [0.29, 0.717) is 18.1 Å². The molecule has 0 saturated heterocycles. The zero-order valence-corrected chi connectivity index (χ0v) is 13.7. The maximum absolute atomic E-state index is 8.39. The van der Waals surface area contributed by atoms with Crippen LogP contribution in [0.5, 0.6) is 0 Å². The van der Waals surface area contributed by atoms with Gasteiger partial charge in [-0.15, -0.1) is 0 Å². The predicted octanol–water partition coefficient (Wildman–Crippen LogP) is 3.22. The summed E-state index contributed by atoms with van der Waals surface area (Å²) in [6, 6.07) is 6.03. The van der Waals surface area contributed by atoms with Crippen molar-refractivity contribution in [2.24, 2.45) is 0 Å². The molecule has 0 aliphatic carbocycles. The molecule has 18 heavy (non-hydrogen) atoms. The fraction of sp³-hybridized carbons (Fsp3) is 0.273. The van der Waals surface area contributed by atoms with Gasteiger partial charge in [0.1, 0.15) is 0 Å². The summed E-state index contributed by atoms with van der Waals surface area (Å²) in [5.41, 5.74) is 7.67. The van der Waals surface area contributed by atoms with Crippen LogP contribution >= 0.6 is 44.1 Å². The number of nitriles is 1. The van der Waals surface area contributed by atoms with E-state index in [4.69, 9.17) is 17.5 Å². The number of anilines is 1. The van der Waals surface area contributed by atoms with Crippen LogP contribution < -0.4 is 16.2 Å². The first kappa shape index (κ1) is 15.4. The minimum atomic E-state index is 0.424. The van der Waals surface area contributed by atoms with Gasteiger partial charge in [0.05, 0.1) is 11.8 Å². The van der Waals surface area contributed by atoms with Crippen LogP contribution in [0, 0.1) is 18.3 Å². The highest BCUT2D eigenvalue weighted by Gasteiger charge is 2.07. The van der Waals surface area contributed by atoms with E-state index in [2.05, 4.69) is 48.0 Å². The van der Waals surface area contributed by atoms with Gasteiger partial charge in [-0.25, -0.2) is 5.43 Å². The molecule has 0 amide bonds. The molecule has 0 radical (unpaired) electrons. The summed E-state index contributed by atoms with van der Waals surface area (Å²) in [4.78, 5) is 0. The van der Waals surface area contributed by atoms with Gasteiger partial charge in [-0.05, 0) is 68.7 Å². The number of aryl methyl sites for hydroxylation is 1. The van der Waals surface area contributed by atoms with E-state index in [-0.39, 0.29) is 0 Å². The van der Waals surface area contributed by atoms with Crippen LogP contribution in [0.4, 0.5) is 5.69 Å². The topological polar surface area (TPSA) is 59.9 Å². The van der Waals surface area contributed by atoms with Gasteiger partial charge in [0, 0.05) is 21.9 Å². The molecule has 0 aliphatic heterocycles. The van der Waals surface area contributed by atoms with E-state index in [1.54, 1.807) is 0 Å². The van der Waals surface area contributed by atoms with Crippen molar-refractivity contribution in [2.75, 3.05) is 11.9 Å². The Hall–Kier alpha value is -0.680. The van der Waals surface area contributed by atoms with Gasteiger partial charge in [0.15, 0.2) is 5.11 Å². The summed E-state index contributed by atoms with van der Waals surface area (Å²) in [6.07, 6.45) is 0.424. The van der Waals surface area contributed by atoms with Crippen molar-refractivity contribution in [2.45, 2.75) is 13.3 Å². The molecule has 1 rings (SSSR count). The van der Waals surface area contributed by atoms with Crippen molar-refractivity contribution in [3.63, 3.8) is 0 Å². The van der Waals surface area contributed by atoms with Crippen molar-refractivity contribution >= 4 is 54.9 Å². The van der Waals surface area contributed by atoms with Crippen LogP contribution in [0.3, 0.4) is 0 Å². The monoisotopic (exact) mass is 390 g/mol. The molecule has 0 saturated carbocycles. The third kappa shape index (κ3) is 4.90. The van der Waals surface area contributed by atoms with Crippen LogP contribution in [-0.4, -0.2) is 11.7 Å². The number of benzene rings is 1. The summed E-state index contributed by atoms with van der Waals surface area (Å²) in [5, 5.41) is 11.9. The molecule has 0 fully saturated rings. The van der Waals surface area contributed by atoms with Crippen LogP contribution in [0.15, 0.2) is 21.1 Å². The maximum Gasteiger partial charge on any atom is 0.185 e. The molecule has 0 aliphatic rings. The second-order valence-corrected chi connectivity index (χ2v) is 5.63. The van der Waals surface area contributed by atoms with E-state index in [0.717, 1.165) is 20.2 Å². The van der Waals surface area contributed by atoms with E-state index in [1.807, 2.05) is 25.1 Å². The smallest absolute Gasteiger partial charge is 0.185 e. The number of halogens is 2. The summed E-state index contributed by atoms with van der Waals surface area (Å²) in [5.74, 6) is 0. The van der Waals surface area contributed by atoms with Crippen molar-refractivity contribution in [3.05, 3.63) is 26.6 Å². The number of thiocarbonyl (C=S) groups is 1. The molecule has 0 unspecified atom stereocenters. The lowest BCUT2D eigenvalue weighted by molar-refractivity contribution is 0.665. The largest absolute Gasteiger partial charge is 0.330 e. The molecule has 0 aromatic heterocycles. The van der Waals surface area contributed by atoms with Crippen LogP contribution in [0.25, 0.3) is 0 Å². The van der Waals surface area contributed by atoms with Crippen LogP contribution in [-0.2, 0) is 0 Å². The molecule has 7 heteroatoms. The summed E-state index contributed by atoms with van der Waals surface area (Å²) in [7, 11) is 0. The lowest BCUT2D eigenvalue weighted by Crippen LogP contribution is -2.40. The fourth-order valence-electron chi connectivity index (χ4n) is 1.23. The summed E-state index contributed by atoms with van der Waals surface area (Å²) in [6.45, 7) is 2.55. The number of nitrogens with one attached hydrogen (secondary N) is 3. The maximum atomic E-state index is 8.39. The van der Waals surface area contributed by atoms with Crippen molar-refractivity contribution in [1.82, 2.24) is 10.9 Å². The number of hydrogen-bond acceptors (Lipinski definition) is 3. The number of hydrazine groups is 1. The van der Waals surface area contributed by atoms with Crippen LogP contribution in [0.2, 0.25) is 0 Å². The van der Waals surface area contributed by atoms with Gasteiger partial charge in [-0.1, -0.05) is 0 Å². The first-order chi connectivity index (χ1) is 8.54. The predicted molar refractivity (Wildman–Crippen MR) is 84.2 cm³/mol. The Kier molecular flexibility index (Phi) is 6.57. The lowest BCUT2D eigenvalue weighted by atomic mass is 10.2. The molecule has 1 aromatic rings. The molecule has 0 heterocycles. The number of nitrogens with zero attached hydrogens (tertiary/aromatic N) is 1. The number of hydrogen-bond donors (Lipinski definition) is 3. The molecule has 4 nitrogen and oxygen atoms in total. The Bertz CT molecular complexity index is 461. The van der Waals surface area contributed by atoms with Gasteiger partial charge in [-0.2, -0.15) is 5.26 Å². The fourth-order valence-corrected chi connectivity index (χ4v) is 3.01. The van der Waals surface area contributed by atoms with Gasteiger partial charge < -0.3 is 5.32 Å². The Balaban J connectivity index is 2.57. The zero-order chi connectivity index (χ0) is 13.5. The molecule has 0 spiro atoms. The quantitative estimate of drug-likeness (QED) is 0.418. The lowest BCUT2D eigenvalue weighted by Gasteiger charge is -2.14. The molecule has 96 valence electrons. The standard InChI is InChI=1S/C11H12Br2N4S/c1-7-5-8(12)10(9(13)6-7)16-11(18)17-15-4-2-3-14/h5-6,15H,2,4H2,1H3,(H2,16,17,18). The van der Waals surface area contributed by atoms with Gasteiger partial charge in [0.2, 0.25) is 0 Å². The summed E-state index contributed by atoms with van der Waals surface area (Å²) < 4.78 is 1.85. The van der Waals surface area contributed by atoms with Crippen molar-refractivity contribution in [3.8, 4) is 6.07 Å². The molecular formula is C11H12Br2N4S.